The zero-order chi connectivity index (χ0) is 19.0. The largest absolute Gasteiger partial charge is 0.508 e. The summed E-state index contributed by atoms with van der Waals surface area (Å²) in [4.78, 5) is 17.0. The van der Waals surface area contributed by atoms with Crippen LogP contribution in [0.3, 0.4) is 0 Å². The molecular weight excluding hydrogens is 368 g/mol. The van der Waals surface area contributed by atoms with Gasteiger partial charge in [0.2, 0.25) is 0 Å². The molecule has 0 fully saturated rings. The van der Waals surface area contributed by atoms with Crippen LogP contribution in [0.4, 0.5) is 0 Å². The quantitative estimate of drug-likeness (QED) is 0.562. The van der Waals surface area contributed by atoms with Gasteiger partial charge < -0.3 is 14.8 Å². The molecule has 0 saturated heterocycles. The molecule has 2 heterocycles. The summed E-state index contributed by atoms with van der Waals surface area (Å²) in [6.45, 7) is 1.98. The first kappa shape index (κ1) is 17.1. The van der Waals surface area contributed by atoms with Gasteiger partial charge in [0.25, 0.3) is 5.91 Å². The monoisotopic (exact) mass is 382 g/mol. The molecule has 8 heteroatoms. The SMILES string of the molecule is Cc1oc2nc(-c3ccccc3Cl)nn2c1C(=O)NCc1ccc(O)cc1. The molecule has 0 spiro atoms. The minimum absolute atomic E-state index is 0.173. The van der Waals surface area contributed by atoms with Crippen LogP contribution in [0.15, 0.2) is 52.9 Å². The average molecular weight is 383 g/mol. The molecule has 0 radical (unpaired) electrons. The van der Waals surface area contributed by atoms with Crippen LogP contribution in [0.25, 0.3) is 17.2 Å². The van der Waals surface area contributed by atoms with Gasteiger partial charge in [0.05, 0.1) is 5.02 Å². The number of carbonyl (C=O) groups is 1. The Labute approximate surface area is 159 Å². The number of amides is 1. The maximum absolute atomic E-state index is 12.7. The van der Waals surface area contributed by atoms with Crippen molar-refractivity contribution in [3.05, 3.63) is 70.6 Å². The van der Waals surface area contributed by atoms with Crippen molar-refractivity contribution in [2.75, 3.05) is 0 Å². The number of hydrogen-bond acceptors (Lipinski definition) is 5. The Kier molecular flexibility index (Phi) is 4.29. The third-order valence-corrected chi connectivity index (χ3v) is 4.42. The molecule has 136 valence electrons. The van der Waals surface area contributed by atoms with Crippen molar-refractivity contribution in [1.29, 1.82) is 0 Å². The number of aromatic nitrogens is 3. The Morgan fingerprint density at radius 1 is 1.22 bits per heavy atom. The molecule has 2 aromatic carbocycles. The highest BCUT2D eigenvalue weighted by Crippen LogP contribution is 2.26. The lowest BCUT2D eigenvalue weighted by Crippen LogP contribution is -2.25. The maximum atomic E-state index is 12.7. The van der Waals surface area contributed by atoms with E-state index in [1.807, 2.05) is 12.1 Å². The van der Waals surface area contributed by atoms with Gasteiger partial charge in [-0.1, -0.05) is 35.9 Å². The molecule has 4 aromatic rings. The first-order valence-electron chi connectivity index (χ1n) is 8.20. The van der Waals surface area contributed by atoms with Crippen LogP contribution in [-0.4, -0.2) is 25.6 Å². The molecule has 27 heavy (non-hydrogen) atoms. The van der Waals surface area contributed by atoms with E-state index in [-0.39, 0.29) is 23.2 Å². The second-order valence-electron chi connectivity index (χ2n) is 5.97. The number of aromatic hydroxyl groups is 1. The highest BCUT2D eigenvalue weighted by atomic mass is 35.5. The molecule has 0 saturated carbocycles. The number of halogens is 1. The van der Waals surface area contributed by atoms with E-state index < -0.39 is 0 Å². The fourth-order valence-electron chi connectivity index (χ4n) is 2.74. The highest BCUT2D eigenvalue weighted by molar-refractivity contribution is 6.33. The number of hydrogen-bond donors (Lipinski definition) is 2. The number of benzene rings is 2. The lowest BCUT2D eigenvalue weighted by Gasteiger charge is -2.05. The van der Waals surface area contributed by atoms with Crippen molar-refractivity contribution in [3.8, 4) is 17.1 Å². The zero-order valence-electron chi connectivity index (χ0n) is 14.3. The van der Waals surface area contributed by atoms with E-state index in [0.29, 0.717) is 28.7 Å². The van der Waals surface area contributed by atoms with Gasteiger partial charge in [-0.3, -0.25) is 4.79 Å². The Balaban J connectivity index is 1.62. The third kappa shape index (κ3) is 3.24. The zero-order valence-corrected chi connectivity index (χ0v) is 15.1. The number of nitrogens with zero attached hydrogens (tertiary/aromatic N) is 3. The third-order valence-electron chi connectivity index (χ3n) is 4.09. The summed E-state index contributed by atoms with van der Waals surface area (Å²) in [7, 11) is 0. The van der Waals surface area contributed by atoms with E-state index in [1.54, 1.807) is 43.3 Å². The number of oxazole rings is 1. The molecule has 7 nitrogen and oxygen atoms in total. The number of nitrogens with one attached hydrogen (secondary N) is 1. The van der Waals surface area contributed by atoms with Crippen molar-refractivity contribution >= 4 is 23.4 Å². The van der Waals surface area contributed by atoms with Crippen LogP contribution < -0.4 is 5.32 Å². The Morgan fingerprint density at radius 3 is 2.70 bits per heavy atom. The lowest BCUT2D eigenvalue weighted by molar-refractivity contribution is 0.0942. The van der Waals surface area contributed by atoms with Gasteiger partial charge >= 0.3 is 5.84 Å². The molecular formula is C19H15ClN4O3. The Morgan fingerprint density at radius 2 is 1.96 bits per heavy atom. The van der Waals surface area contributed by atoms with Gasteiger partial charge in [0.1, 0.15) is 11.5 Å². The summed E-state index contributed by atoms with van der Waals surface area (Å²) in [6, 6.07) is 13.8. The second kappa shape index (κ2) is 6.77. The first-order valence-corrected chi connectivity index (χ1v) is 8.58. The summed E-state index contributed by atoms with van der Waals surface area (Å²) in [5.74, 6) is 0.852. The van der Waals surface area contributed by atoms with Crippen molar-refractivity contribution < 1.29 is 14.3 Å². The molecule has 0 unspecified atom stereocenters. The maximum Gasteiger partial charge on any atom is 0.325 e. The van der Waals surface area contributed by atoms with E-state index >= 15 is 0 Å². The number of rotatable bonds is 4. The Bertz CT molecular complexity index is 1130. The molecule has 0 aliphatic rings. The molecule has 0 aliphatic carbocycles. The van der Waals surface area contributed by atoms with Crippen LogP contribution in [-0.2, 0) is 6.54 Å². The van der Waals surface area contributed by atoms with Crippen molar-refractivity contribution in [2.24, 2.45) is 0 Å². The fraction of sp³-hybridized carbons (Fsp3) is 0.105. The smallest absolute Gasteiger partial charge is 0.325 e. The van der Waals surface area contributed by atoms with Gasteiger partial charge in [0.15, 0.2) is 11.5 Å². The predicted molar refractivity (Wildman–Crippen MR) is 99.7 cm³/mol. The molecule has 0 aliphatic heterocycles. The van der Waals surface area contributed by atoms with Crippen LogP contribution in [0, 0.1) is 6.92 Å². The highest BCUT2D eigenvalue weighted by Gasteiger charge is 2.22. The Hall–Kier alpha value is -3.32. The molecule has 0 atom stereocenters. The lowest BCUT2D eigenvalue weighted by atomic mass is 10.2. The van der Waals surface area contributed by atoms with Crippen LogP contribution in [0.2, 0.25) is 5.02 Å². The second-order valence-corrected chi connectivity index (χ2v) is 6.37. The minimum Gasteiger partial charge on any atom is -0.508 e. The summed E-state index contributed by atoms with van der Waals surface area (Å²) < 4.78 is 6.96. The van der Waals surface area contributed by atoms with Crippen LogP contribution in [0.1, 0.15) is 21.8 Å². The molecule has 2 aromatic heterocycles. The van der Waals surface area contributed by atoms with Crippen molar-refractivity contribution in [2.45, 2.75) is 13.5 Å². The van der Waals surface area contributed by atoms with Gasteiger partial charge in [0, 0.05) is 12.1 Å². The summed E-state index contributed by atoms with van der Waals surface area (Å²) in [6.07, 6.45) is 0. The van der Waals surface area contributed by atoms with E-state index in [2.05, 4.69) is 15.4 Å². The molecule has 1 amide bonds. The molecule has 4 rings (SSSR count). The summed E-state index contributed by atoms with van der Waals surface area (Å²) in [5.41, 5.74) is 1.79. The summed E-state index contributed by atoms with van der Waals surface area (Å²) >= 11 is 6.20. The van der Waals surface area contributed by atoms with Crippen LogP contribution in [0.5, 0.6) is 5.75 Å². The number of fused-ring (bicyclic) bond motifs is 1. The topological polar surface area (TPSA) is 92.7 Å². The summed E-state index contributed by atoms with van der Waals surface area (Å²) in [5, 5.41) is 17.0. The number of phenols is 1. The van der Waals surface area contributed by atoms with E-state index in [1.165, 1.54) is 4.52 Å². The van der Waals surface area contributed by atoms with Gasteiger partial charge in [-0.2, -0.15) is 9.50 Å². The molecule has 2 N–H and O–H groups in total. The normalized spacial score (nSPS) is 11.0. The van der Waals surface area contributed by atoms with Gasteiger partial charge in [-0.25, -0.2) is 0 Å². The molecule has 0 bridgehead atoms. The van der Waals surface area contributed by atoms with Gasteiger partial charge in [-0.05, 0) is 36.8 Å². The van der Waals surface area contributed by atoms with Gasteiger partial charge in [-0.15, -0.1) is 5.10 Å². The number of aryl methyl sites for hydroxylation is 1. The number of phenolic OH excluding ortho intramolecular Hbond substituents is 1. The van der Waals surface area contributed by atoms with Crippen molar-refractivity contribution in [1.82, 2.24) is 19.9 Å². The van der Waals surface area contributed by atoms with E-state index in [4.69, 9.17) is 16.0 Å². The van der Waals surface area contributed by atoms with E-state index in [9.17, 15) is 9.90 Å². The first-order chi connectivity index (χ1) is 13.0. The standard InChI is InChI=1S/C19H15ClN4O3/c1-11-16(18(26)21-10-12-6-8-13(25)9-7-12)24-19(27-11)22-17(23-24)14-4-2-3-5-15(14)20/h2-9,25H,10H2,1H3,(H,21,26). The van der Waals surface area contributed by atoms with Crippen molar-refractivity contribution in [3.63, 3.8) is 0 Å². The van der Waals surface area contributed by atoms with E-state index in [0.717, 1.165) is 5.56 Å². The predicted octanol–water partition coefficient (Wildman–Crippen LogP) is 3.59. The minimum atomic E-state index is -0.338. The fourth-order valence-corrected chi connectivity index (χ4v) is 2.96. The number of carbonyl (C=O) groups excluding carboxylic acids is 1. The van der Waals surface area contributed by atoms with Crippen LogP contribution >= 0.6 is 11.6 Å². The average Bonchev–Trinajstić information content (AvgIpc) is 3.17.